The third kappa shape index (κ3) is 5.48. The third-order valence-corrected chi connectivity index (χ3v) is 5.75. The molecule has 0 bridgehead atoms. The molecule has 0 spiro atoms. The van der Waals surface area contributed by atoms with Gasteiger partial charge in [0.1, 0.15) is 5.69 Å². The zero-order valence-corrected chi connectivity index (χ0v) is 16.3. The molecular formula is C15H21ClN4O3S2. The number of carbonyl (C=O) groups is 1. The van der Waals surface area contributed by atoms with Crippen LogP contribution in [0, 0.1) is 0 Å². The van der Waals surface area contributed by atoms with Gasteiger partial charge in [0.15, 0.2) is 0 Å². The van der Waals surface area contributed by atoms with Crippen LogP contribution in [0.3, 0.4) is 0 Å². The Hall–Kier alpha value is -1.52. The van der Waals surface area contributed by atoms with Crippen molar-refractivity contribution in [3.8, 4) is 0 Å². The largest absolute Gasteiger partial charge is 0.344 e. The number of aromatic nitrogens is 1. The van der Waals surface area contributed by atoms with Gasteiger partial charge in [0, 0.05) is 11.8 Å². The molecule has 25 heavy (non-hydrogen) atoms. The summed E-state index contributed by atoms with van der Waals surface area (Å²) in [6.45, 7) is 2.27. The minimum atomic E-state index is -3.52. The molecule has 2 aromatic rings. The Bertz CT molecular complexity index is 824. The maximum Gasteiger partial charge on any atom is 0.271 e. The first-order chi connectivity index (χ1) is 11.4. The van der Waals surface area contributed by atoms with E-state index in [1.54, 1.807) is 24.4 Å². The van der Waals surface area contributed by atoms with E-state index in [1.807, 2.05) is 0 Å². The molecule has 10 heteroatoms. The number of sulfonamides is 1. The van der Waals surface area contributed by atoms with Gasteiger partial charge in [-0.25, -0.2) is 18.1 Å². The minimum absolute atomic E-state index is 0. The molecule has 0 saturated heterocycles. The Morgan fingerprint density at radius 1 is 1.40 bits per heavy atom. The Morgan fingerprint density at radius 3 is 2.76 bits per heavy atom. The van der Waals surface area contributed by atoms with E-state index in [1.165, 1.54) is 30.5 Å². The number of benzene rings is 1. The summed E-state index contributed by atoms with van der Waals surface area (Å²) in [4.78, 5) is 16.6. The summed E-state index contributed by atoms with van der Waals surface area (Å²) >= 11 is 1.39. The standard InChI is InChI=1S/C15H20N4O3S2.ClH/c1-10(11-4-3-5-12(8-11)24(21,22)17-2)18-15(20)13-9-23-14(19-13)6-7-16;/h3-5,8-10,17H,6-7,16H2,1-2H3,(H,18,20);1H. The Labute approximate surface area is 157 Å². The fourth-order valence-electron chi connectivity index (χ4n) is 2.08. The number of halogens is 1. The molecule has 1 amide bonds. The first-order valence-electron chi connectivity index (χ1n) is 7.36. The van der Waals surface area contributed by atoms with Gasteiger partial charge in [-0.3, -0.25) is 4.79 Å². The van der Waals surface area contributed by atoms with Gasteiger partial charge in [0.25, 0.3) is 5.91 Å². The van der Waals surface area contributed by atoms with Crippen LogP contribution in [-0.2, 0) is 16.4 Å². The van der Waals surface area contributed by atoms with Crippen molar-refractivity contribution >= 4 is 39.7 Å². The van der Waals surface area contributed by atoms with E-state index in [0.717, 1.165) is 5.01 Å². The molecule has 0 aliphatic heterocycles. The van der Waals surface area contributed by atoms with Crippen LogP contribution in [0.25, 0.3) is 0 Å². The summed E-state index contributed by atoms with van der Waals surface area (Å²) in [5.74, 6) is -0.302. The smallest absolute Gasteiger partial charge is 0.271 e. The fraction of sp³-hybridized carbons (Fsp3) is 0.333. The predicted molar refractivity (Wildman–Crippen MR) is 101 cm³/mol. The number of nitrogens with zero attached hydrogens (tertiary/aromatic N) is 1. The lowest BCUT2D eigenvalue weighted by atomic mass is 10.1. The topological polar surface area (TPSA) is 114 Å². The molecule has 1 atom stereocenters. The highest BCUT2D eigenvalue weighted by atomic mass is 35.5. The fourth-order valence-corrected chi connectivity index (χ4v) is 3.66. The van der Waals surface area contributed by atoms with Gasteiger partial charge in [0.2, 0.25) is 10.0 Å². The maximum absolute atomic E-state index is 12.3. The van der Waals surface area contributed by atoms with Gasteiger partial charge < -0.3 is 11.1 Å². The SMILES string of the molecule is CNS(=O)(=O)c1cccc(C(C)NC(=O)c2csc(CCN)n2)c1.Cl. The quantitative estimate of drug-likeness (QED) is 0.646. The van der Waals surface area contributed by atoms with E-state index in [-0.39, 0.29) is 29.3 Å². The Balaban J connectivity index is 0.00000312. The summed E-state index contributed by atoms with van der Waals surface area (Å²) in [6, 6.07) is 6.09. The molecule has 0 aliphatic carbocycles. The highest BCUT2D eigenvalue weighted by molar-refractivity contribution is 7.89. The van der Waals surface area contributed by atoms with Crippen molar-refractivity contribution in [1.29, 1.82) is 0 Å². The van der Waals surface area contributed by atoms with Crippen LogP contribution in [0.15, 0.2) is 34.5 Å². The second kappa shape index (κ2) is 9.25. The monoisotopic (exact) mass is 404 g/mol. The number of nitrogens with one attached hydrogen (secondary N) is 2. The van der Waals surface area contributed by atoms with E-state index >= 15 is 0 Å². The average molecular weight is 405 g/mol. The lowest BCUT2D eigenvalue weighted by molar-refractivity contribution is 0.0935. The van der Waals surface area contributed by atoms with Crippen molar-refractivity contribution in [2.24, 2.45) is 5.73 Å². The van der Waals surface area contributed by atoms with E-state index in [2.05, 4.69) is 15.0 Å². The Morgan fingerprint density at radius 2 is 2.12 bits per heavy atom. The van der Waals surface area contributed by atoms with Crippen LogP contribution >= 0.6 is 23.7 Å². The van der Waals surface area contributed by atoms with E-state index in [4.69, 9.17) is 5.73 Å². The van der Waals surface area contributed by atoms with Gasteiger partial charge in [-0.05, 0) is 38.2 Å². The molecule has 2 rings (SSSR count). The predicted octanol–water partition coefficient (Wildman–Crippen LogP) is 1.47. The summed E-state index contributed by atoms with van der Waals surface area (Å²) < 4.78 is 26.0. The molecule has 1 heterocycles. The van der Waals surface area contributed by atoms with Crippen molar-refractivity contribution in [2.75, 3.05) is 13.6 Å². The van der Waals surface area contributed by atoms with Crippen LogP contribution in [0.4, 0.5) is 0 Å². The number of hydrogen-bond acceptors (Lipinski definition) is 6. The normalized spacial score (nSPS) is 12.3. The van der Waals surface area contributed by atoms with Crippen molar-refractivity contribution in [3.63, 3.8) is 0 Å². The van der Waals surface area contributed by atoms with Gasteiger partial charge in [0.05, 0.1) is 15.9 Å². The number of amides is 1. The molecule has 1 unspecified atom stereocenters. The van der Waals surface area contributed by atoms with Crippen LogP contribution in [0.2, 0.25) is 0 Å². The van der Waals surface area contributed by atoms with Gasteiger partial charge in [-0.1, -0.05) is 12.1 Å². The van der Waals surface area contributed by atoms with Crippen molar-refractivity contribution in [1.82, 2.24) is 15.0 Å². The summed E-state index contributed by atoms with van der Waals surface area (Å²) in [6.07, 6.45) is 0.636. The minimum Gasteiger partial charge on any atom is -0.344 e. The molecule has 0 saturated carbocycles. The van der Waals surface area contributed by atoms with Crippen molar-refractivity contribution < 1.29 is 13.2 Å². The average Bonchev–Trinajstić information content (AvgIpc) is 3.04. The van der Waals surface area contributed by atoms with Gasteiger partial charge in [-0.2, -0.15) is 0 Å². The molecule has 1 aromatic heterocycles. The molecule has 0 radical (unpaired) electrons. The molecule has 4 N–H and O–H groups in total. The van der Waals surface area contributed by atoms with Gasteiger partial charge >= 0.3 is 0 Å². The van der Waals surface area contributed by atoms with Crippen LogP contribution < -0.4 is 15.8 Å². The Kier molecular flexibility index (Phi) is 7.97. The van der Waals surface area contributed by atoms with Crippen LogP contribution in [0.5, 0.6) is 0 Å². The van der Waals surface area contributed by atoms with Crippen LogP contribution in [-0.4, -0.2) is 32.9 Å². The van der Waals surface area contributed by atoms with E-state index < -0.39 is 10.0 Å². The van der Waals surface area contributed by atoms with Crippen LogP contribution in [0.1, 0.15) is 34.0 Å². The third-order valence-electron chi connectivity index (χ3n) is 3.43. The van der Waals surface area contributed by atoms with Crippen molar-refractivity contribution in [2.45, 2.75) is 24.3 Å². The molecule has 7 nitrogen and oxygen atoms in total. The molecule has 0 fully saturated rings. The lowest BCUT2D eigenvalue weighted by Gasteiger charge is -2.14. The molecular weight excluding hydrogens is 384 g/mol. The maximum atomic E-state index is 12.3. The summed E-state index contributed by atoms with van der Waals surface area (Å²) in [5.41, 5.74) is 6.51. The zero-order chi connectivity index (χ0) is 17.7. The second-order valence-electron chi connectivity index (χ2n) is 5.14. The van der Waals surface area contributed by atoms with E-state index in [9.17, 15) is 13.2 Å². The number of carbonyl (C=O) groups excluding carboxylic acids is 1. The zero-order valence-electron chi connectivity index (χ0n) is 13.9. The van der Waals surface area contributed by atoms with E-state index in [0.29, 0.717) is 24.2 Å². The highest BCUT2D eigenvalue weighted by Gasteiger charge is 2.17. The van der Waals surface area contributed by atoms with Gasteiger partial charge in [-0.15, -0.1) is 23.7 Å². The lowest BCUT2D eigenvalue weighted by Crippen LogP contribution is -2.27. The highest BCUT2D eigenvalue weighted by Crippen LogP contribution is 2.18. The summed E-state index contributed by atoms with van der Waals surface area (Å²) in [5, 5.41) is 5.33. The van der Waals surface area contributed by atoms with Crippen molar-refractivity contribution in [3.05, 3.63) is 45.9 Å². The molecule has 138 valence electrons. The second-order valence-corrected chi connectivity index (χ2v) is 7.97. The molecule has 1 aromatic carbocycles. The first-order valence-corrected chi connectivity index (χ1v) is 9.72. The number of rotatable bonds is 7. The number of nitrogens with two attached hydrogens (primary N) is 1. The summed E-state index contributed by atoms with van der Waals surface area (Å²) in [7, 11) is -2.17. The first kappa shape index (κ1) is 21.5. The number of thiazole rings is 1. The number of hydrogen-bond donors (Lipinski definition) is 3. The molecule has 0 aliphatic rings.